The monoisotopic (exact) mass is 251 g/mol. The fourth-order valence-electron chi connectivity index (χ4n) is 1.81. The SMILES string of the molecule is CCCNc1cc(C)nc(C(OCC)C(C)C)n1. The molecule has 1 unspecified atom stereocenters. The number of anilines is 1. The van der Waals surface area contributed by atoms with Crippen LogP contribution in [-0.2, 0) is 4.74 Å². The Morgan fingerprint density at radius 2 is 2.00 bits per heavy atom. The normalized spacial score (nSPS) is 12.8. The molecule has 102 valence electrons. The van der Waals surface area contributed by atoms with Crippen molar-refractivity contribution in [2.45, 2.75) is 47.1 Å². The van der Waals surface area contributed by atoms with Crippen LogP contribution >= 0.6 is 0 Å². The molecular weight excluding hydrogens is 226 g/mol. The third-order valence-electron chi connectivity index (χ3n) is 2.63. The molecule has 0 aromatic carbocycles. The lowest BCUT2D eigenvalue weighted by Gasteiger charge is -2.20. The van der Waals surface area contributed by atoms with E-state index in [1.165, 1.54) is 0 Å². The van der Waals surface area contributed by atoms with E-state index >= 15 is 0 Å². The second-order valence-electron chi connectivity index (χ2n) is 4.80. The van der Waals surface area contributed by atoms with Gasteiger partial charge in [0.2, 0.25) is 0 Å². The Labute approximate surface area is 110 Å². The summed E-state index contributed by atoms with van der Waals surface area (Å²) in [6, 6.07) is 1.97. The molecule has 0 bridgehead atoms. The summed E-state index contributed by atoms with van der Waals surface area (Å²) in [5.74, 6) is 2.04. The van der Waals surface area contributed by atoms with E-state index in [-0.39, 0.29) is 6.10 Å². The van der Waals surface area contributed by atoms with Crippen molar-refractivity contribution in [3.63, 3.8) is 0 Å². The summed E-state index contributed by atoms with van der Waals surface area (Å²) in [7, 11) is 0. The third kappa shape index (κ3) is 4.26. The maximum atomic E-state index is 5.75. The molecule has 0 aliphatic carbocycles. The Morgan fingerprint density at radius 1 is 1.28 bits per heavy atom. The first-order chi connectivity index (χ1) is 8.58. The second-order valence-corrected chi connectivity index (χ2v) is 4.80. The molecular formula is C14H25N3O. The van der Waals surface area contributed by atoms with Gasteiger partial charge in [-0.15, -0.1) is 0 Å². The highest BCUT2D eigenvalue weighted by atomic mass is 16.5. The highest BCUT2D eigenvalue weighted by Crippen LogP contribution is 2.24. The van der Waals surface area contributed by atoms with Crippen LogP contribution in [0.5, 0.6) is 0 Å². The number of hydrogen-bond acceptors (Lipinski definition) is 4. The van der Waals surface area contributed by atoms with Crippen molar-refractivity contribution in [1.82, 2.24) is 9.97 Å². The minimum Gasteiger partial charge on any atom is -0.370 e. The van der Waals surface area contributed by atoms with Crippen LogP contribution in [0.25, 0.3) is 0 Å². The first kappa shape index (κ1) is 14.9. The van der Waals surface area contributed by atoms with Gasteiger partial charge in [-0.2, -0.15) is 0 Å². The van der Waals surface area contributed by atoms with Crippen molar-refractivity contribution < 1.29 is 4.74 Å². The van der Waals surface area contributed by atoms with E-state index in [1.807, 2.05) is 19.9 Å². The first-order valence-electron chi connectivity index (χ1n) is 6.79. The lowest BCUT2D eigenvalue weighted by atomic mass is 10.1. The van der Waals surface area contributed by atoms with Gasteiger partial charge in [-0.3, -0.25) is 0 Å². The summed E-state index contributed by atoms with van der Waals surface area (Å²) in [6.45, 7) is 12.0. The molecule has 1 atom stereocenters. The lowest BCUT2D eigenvalue weighted by molar-refractivity contribution is 0.0232. The summed E-state index contributed by atoms with van der Waals surface area (Å²) < 4.78 is 5.75. The predicted molar refractivity (Wildman–Crippen MR) is 74.8 cm³/mol. The standard InChI is InChI=1S/C14H25N3O/c1-6-8-15-12-9-11(5)16-14(17-12)13(10(3)4)18-7-2/h9-10,13H,6-8H2,1-5H3,(H,15,16,17). The Balaban J connectivity index is 2.95. The first-order valence-corrected chi connectivity index (χ1v) is 6.79. The maximum Gasteiger partial charge on any atom is 0.159 e. The van der Waals surface area contributed by atoms with Gasteiger partial charge >= 0.3 is 0 Å². The minimum absolute atomic E-state index is 0.0305. The molecule has 0 aliphatic heterocycles. The van der Waals surface area contributed by atoms with Crippen molar-refractivity contribution in [1.29, 1.82) is 0 Å². The third-order valence-corrected chi connectivity index (χ3v) is 2.63. The maximum absolute atomic E-state index is 5.75. The number of aromatic nitrogens is 2. The summed E-state index contributed by atoms with van der Waals surface area (Å²) in [6.07, 6.45) is 1.05. The Hall–Kier alpha value is -1.16. The Bertz CT molecular complexity index is 366. The number of ether oxygens (including phenoxy) is 1. The van der Waals surface area contributed by atoms with E-state index < -0.39 is 0 Å². The fourth-order valence-corrected chi connectivity index (χ4v) is 1.81. The summed E-state index contributed by atoms with van der Waals surface area (Å²) in [5.41, 5.74) is 0.976. The van der Waals surface area contributed by atoms with Crippen LogP contribution in [0.3, 0.4) is 0 Å². The molecule has 0 saturated carbocycles. The van der Waals surface area contributed by atoms with Crippen LogP contribution in [0.15, 0.2) is 6.07 Å². The minimum atomic E-state index is -0.0305. The van der Waals surface area contributed by atoms with Gasteiger partial charge in [0.25, 0.3) is 0 Å². The van der Waals surface area contributed by atoms with Crippen LogP contribution in [-0.4, -0.2) is 23.1 Å². The molecule has 4 nitrogen and oxygen atoms in total. The molecule has 0 spiro atoms. The van der Waals surface area contributed by atoms with E-state index in [4.69, 9.17) is 4.74 Å². The molecule has 18 heavy (non-hydrogen) atoms. The predicted octanol–water partition coefficient (Wildman–Crippen LogP) is 3.34. The quantitative estimate of drug-likeness (QED) is 0.807. The van der Waals surface area contributed by atoms with Gasteiger partial charge in [-0.1, -0.05) is 20.8 Å². The smallest absolute Gasteiger partial charge is 0.159 e. The van der Waals surface area contributed by atoms with E-state index in [0.29, 0.717) is 12.5 Å². The zero-order chi connectivity index (χ0) is 13.5. The largest absolute Gasteiger partial charge is 0.370 e. The molecule has 1 aromatic rings. The lowest BCUT2D eigenvalue weighted by Crippen LogP contribution is -2.16. The van der Waals surface area contributed by atoms with Gasteiger partial charge in [-0.05, 0) is 26.2 Å². The average molecular weight is 251 g/mol. The van der Waals surface area contributed by atoms with Gasteiger partial charge in [0.05, 0.1) is 0 Å². The number of aryl methyl sites for hydroxylation is 1. The van der Waals surface area contributed by atoms with E-state index in [1.54, 1.807) is 0 Å². The number of rotatable bonds is 7. The topological polar surface area (TPSA) is 47.0 Å². The van der Waals surface area contributed by atoms with E-state index in [9.17, 15) is 0 Å². The van der Waals surface area contributed by atoms with Gasteiger partial charge in [0.1, 0.15) is 11.9 Å². The van der Waals surface area contributed by atoms with Crippen LogP contribution < -0.4 is 5.32 Å². The molecule has 1 heterocycles. The number of hydrogen-bond donors (Lipinski definition) is 1. The van der Waals surface area contributed by atoms with E-state index in [0.717, 1.165) is 30.3 Å². The number of nitrogens with one attached hydrogen (secondary N) is 1. The molecule has 1 aromatic heterocycles. The van der Waals surface area contributed by atoms with Crippen LogP contribution in [0.4, 0.5) is 5.82 Å². The molecule has 0 saturated heterocycles. The molecule has 1 N–H and O–H groups in total. The van der Waals surface area contributed by atoms with Crippen LogP contribution in [0.1, 0.15) is 51.7 Å². The van der Waals surface area contributed by atoms with Gasteiger partial charge in [0, 0.05) is 24.9 Å². The summed E-state index contributed by atoms with van der Waals surface area (Å²) in [4.78, 5) is 9.07. The molecule has 0 aliphatic rings. The molecule has 1 rings (SSSR count). The van der Waals surface area contributed by atoms with Crippen molar-refractivity contribution in [3.05, 3.63) is 17.6 Å². The van der Waals surface area contributed by atoms with Crippen LogP contribution in [0.2, 0.25) is 0 Å². The average Bonchev–Trinajstić information content (AvgIpc) is 2.32. The molecule has 4 heteroatoms. The fraction of sp³-hybridized carbons (Fsp3) is 0.714. The highest BCUT2D eigenvalue weighted by molar-refractivity contribution is 5.36. The molecule has 0 fully saturated rings. The van der Waals surface area contributed by atoms with E-state index in [2.05, 4.69) is 36.1 Å². The summed E-state index contributed by atoms with van der Waals surface area (Å²) >= 11 is 0. The van der Waals surface area contributed by atoms with Gasteiger partial charge in [-0.25, -0.2) is 9.97 Å². The second kappa shape index (κ2) is 7.31. The Kier molecular flexibility index (Phi) is 6.05. The molecule has 0 amide bonds. The van der Waals surface area contributed by atoms with Crippen LogP contribution in [0, 0.1) is 12.8 Å². The van der Waals surface area contributed by atoms with Crippen molar-refractivity contribution >= 4 is 5.82 Å². The molecule has 0 radical (unpaired) electrons. The van der Waals surface area contributed by atoms with Crippen molar-refractivity contribution in [3.8, 4) is 0 Å². The highest BCUT2D eigenvalue weighted by Gasteiger charge is 2.19. The summed E-state index contributed by atoms with van der Waals surface area (Å²) in [5, 5.41) is 3.30. The zero-order valence-corrected chi connectivity index (χ0v) is 12.2. The Morgan fingerprint density at radius 3 is 2.56 bits per heavy atom. The van der Waals surface area contributed by atoms with Crippen molar-refractivity contribution in [2.24, 2.45) is 5.92 Å². The van der Waals surface area contributed by atoms with Gasteiger partial charge < -0.3 is 10.1 Å². The number of nitrogens with zero attached hydrogens (tertiary/aromatic N) is 2. The van der Waals surface area contributed by atoms with Crippen molar-refractivity contribution in [2.75, 3.05) is 18.5 Å². The van der Waals surface area contributed by atoms with Gasteiger partial charge in [0.15, 0.2) is 5.82 Å². The zero-order valence-electron chi connectivity index (χ0n) is 12.2.